The lowest BCUT2D eigenvalue weighted by molar-refractivity contribution is 0.874. The molecule has 14 heavy (non-hydrogen) atoms. The third kappa shape index (κ3) is 1.22. The smallest absolute Gasteiger partial charge is 0.0407 e. The molecule has 2 heterocycles. The number of nitrogens with zero attached hydrogens (tertiary/aromatic N) is 1. The SMILES string of the molecule is ClC1=CC2Sc3cnccc3C2C=C1. The minimum absolute atomic E-state index is 0.465. The molecule has 1 aliphatic carbocycles. The lowest BCUT2D eigenvalue weighted by Crippen LogP contribution is -2.07. The summed E-state index contributed by atoms with van der Waals surface area (Å²) in [5.74, 6) is 0.487. The minimum atomic E-state index is 0.465. The molecule has 1 aliphatic heterocycles. The highest BCUT2D eigenvalue weighted by molar-refractivity contribution is 8.00. The predicted octanol–water partition coefficient (Wildman–Crippen LogP) is 3.33. The average Bonchev–Trinajstić information content (AvgIpc) is 2.54. The lowest BCUT2D eigenvalue weighted by atomic mass is 9.93. The maximum absolute atomic E-state index is 5.97. The fraction of sp³-hybridized carbons (Fsp3) is 0.182. The summed E-state index contributed by atoms with van der Waals surface area (Å²) in [7, 11) is 0. The van der Waals surface area contributed by atoms with Crippen molar-refractivity contribution < 1.29 is 0 Å². The second kappa shape index (κ2) is 3.14. The molecule has 3 heteroatoms. The van der Waals surface area contributed by atoms with Crippen LogP contribution in [-0.2, 0) is 0 Å². The first kappa shape index (κ1) is 8.57. The molecule has 1 aromatic heterocycles. The Morgan fingerprint density at radius 1 is 1.43 bits per heavy atom. The predicted molar refractivity (Wildman–Crippen MR) is 59.7 cm³/mol. The molecule has 0 radical (unpaired) electrons. The van der Waals surface area contributed by atoms with Gasteiger partial charge in [-0.2, -0.15) is 0 Å². The Morgan fingerprint density at radius 2 is 2.36 bits per heavy atom. The van der Waals surface area contributed by atoms with E-state index in [-0.39, 0.29) is 0 Å². The van der Waals surface area contributed by atoms with Gasteiger partial charge in [-0.1, -0.05) is 23.8 Å². The summed E-state index contributed by atoms with van der Waals surface area (Å²) in [6.45, 7) is 0. The van der Waals surface area contributed by atoms with Crippen LogP contribution in [0.1, 0.15) is 11.5 Å². The topological polar surface area (TPSA) is 12.9 Å². The van der Waals surface area contributed by atoms with Crippen LogP contribution in [0.2, 0.25) is 0 Å². The van der Waals surface area contributed by atoms with Crippen molar-refractivity contribution in [1.29, 1.82) is 0 Å². The summed E-state index contributed by atoms with van der Waals surface area (Å²) in [6.07, 6.45) is 10.1. The van der Waals surface area contributed by atoms with Crippen molar-refractivity contribution in [2.45, 2.75) is 16.1 Å². The molecule has 1 nitrogen and oxygen atoms in total. The monoisotopic (exact) mass is 221 g/mol. The van der Waals surface area contributed by atoms with Crippen molar-refractivity contribution in [2.75, 3.05) is 0 Å². The van der Waals surface area contributed by atoms with Gasteiger partial charge in [0, 0.05) is 33.5 Å². The summed E-state index contributed by atoms with van der Waals surface area (Å²) < 4.78 is 0. The number of rotatable bonds is 0. The lowest BCUT2D eigenvalue weighted by Gasteiger charge is -2.15. The van der Waals surface area contributed by atoms with Crippen LogP contribution in [0.25, 0.3) is 0 Å². The third-order valence-corrected chi connectivity index (χ3v) is 4.13. The first-order valence-electron chi connectivity index (χ1n) is 4.51. The zero-order chi connectivity index (χ0) is 9.54. The van der Waals surface area contributed by atoms with Gasteiger partial charge in [0.15, 0.2) is 0 Å². The van der Waals surface area contributed by atoms with Crippen molar-refractivity contribution >= 4 is 23.4 Å². The number of fused-ring (bicyclic) bond motifs is 3. The Hall–Kier alpha value is -0.730. The van der Waals surface area contributed by atoms with Crippen molar-refractivity contribution in [2.24, 2.45) is 0 Å². The largest absolute Gasteiger partial charge is 0.264 e. The molecule has 2 atom stereocenters. The molecule has 1 aromatic rings. The standard InChI is InChI=1S/C11H8ClNS/c12-7-1-2-8-9-3-4-13-6-11(9)14-10(8)5-7/h1-6,8,10H. The number of allylic oxidation sites excluding steroid dienone is 3. The fourth-order valence-corrected chi connectivity index (χ4v) is 3.56. The van der Waals surface area contributed by atoms with Crippen molar-refractivity contribution in [3.05, 3.63) is 47.3 Å². The number of hydrogen-bond donors (Lipinski definition) is 0. The average molecular weight is 222 g/mol. The van der Waals surface area contributed by atoms with Crippen LogP contribution in [0, 0.1) is 0 Å². The van der Waals surface area contributed by atoms with Crippen LogP contribution >= 0.6 is 23.4 Å². The van der Waals surface area contributed by atoms with Gasteiger partial charge in [-0.25, -0.2) is 0 Å². The van der Waals surface area contributed by atoms with Crippen LogP contribution in [0.15, 0.2) is 46.6 Å². The highest BCUT2D eigenvalue weighted by Crippen LogP contribution is 2.48. The molecular weight excluding hydrogens is 214 g/mol. The second-order valence-electron chi connectivity index (χ2n) is 3.43. The molecule has 2 unspecified atom stereocenters. The number of pyridine rings is 1. The molecule has 0 saturated carbocycles. The van der Waals surface area contributed by atoms with Gasteiger partial charge < -0.3 is 0 Å². The Kier molecular flexibility index (Phi) is 1.92. The zero-order valence-electron chi connectivity index (χ0n) is 7.35. The van der Waals surface area contributed by atoms with Gasteiger partial charge in [0.25, 0.3) is 0 Å². The van der Waals surface area contributed by atoms with E-state index in [4.69, 9.17) is 11.6 Å². The Bertz CT molecular complexity index is 439. The van der Waals surface area contributed by atoms with Crippen LogP contribution in [0.3, 0.4) is 0 Å². The van der Waals surface area contributed by atoms with Gasteiger partial charge in [-0.15, -0.1) is 11.8 Å². The van der Waals surface area contributed by atoms with Gasteiger partial charge in [0.1, 0.15) is 0 Å². The van der Waals surface area contributed by atoms with Crippen molar-refractivity contribution in [3.63, 3.8) is 0 Å². The maximum atomic E-state index is 5.97. The molecule has 0 fully saturated rings. The summed E-state index contributed by atoms with van der Waals surface area (Å²) in [6, 6.07) is 2.10. The number of halogens is 1. The molecule has 0 saturated heterocycles. The number of aromatic nitrogens is 1. The molecule has 0 N–H and O–H groups in total. The minimum Gasteiger partial charge on any atom is -0.264 e. The van der Waals surface area contributed by atoms with E-state index in [2.05, 4.69) is 23.2 Å². The van der Waals surface area contributed by atoms with E-state index >= 15 is 0 Å². The first-order valence-corrected chi connectivity index (χ1v) is 5.76. The Labute approximate surface area is 91.9 Å². The highest BCUT2D eigenvalue weighted by Gasteiger charge is 2.31. The molecule has 0 aromatic carbocycles. The van der Waals surface area contributed by atoms with Gasteiger partial charge in [-0.05, 0) is 17.7 Å². The van der Waals surface area contributed by atoms with E-state index in [9.17, 15) is 0 Å². The summed E-state index contributed by atoms with van der Waals surface area (Å²) in [5.41, 5.74) is 1.38. The Balaban J connectivity index is 2.08. The number of thioether (sulfide) groups is 1. The van der Waals surface area contributed by atoms with Gasteiger partial charge in [-0.3, -0.25) is 4.98 Å². The summed E-state index contributed by atoms with van der Waals surface area (Å²) in [4.78, 5) is 5.42. The zero-order valence-corrected chi connectivity index (χ0v) is 8.92. The molecule has 70 valence electrons. The normalized spacial score (nSPS) is 28.2. The molecule has 2 aliphatic rings. The van der Waals surface area contributed by atoms with Crippen LogP contribution < -0.4 is 0 Å². The summed E-state index contributed by atoms with van der Waals surface area (Å²) in [5, 5.41) is 1.31. The summed E-state index contributed by atoms with van der Waals surface area (Å²) >= 11 is 7.82. The van der Waals surface area contributed by atoms with Crippen LogP contribution in [0.5, 0.6) is 0 Å². The Morgan fingerprint density at radius 3 is 3.29 bits per heavy atom. The highest BCUT2D eigenvalue weighted by atomic mass is 35.5. The molecular formula is C11H8ClNS. The van der Waals surface area contributed by atoms with E-state index < -0.39 is 0 Å². The first-order chi connectivity index (χ1) is 6.84. The quantitative estimate of drug-likeness (QED) is 0.667. The fourth-order valence-electron chi connectivity index (χ4n) is 1.92. The van der Waals surface area contributed by atoms with Crippen LogP contribution in [-0.4, -0.2) is 10.2 Å². The molecule has 3 rings (SSSR count). The van der Waals surface area contributed by atoms with E-state index in [1.807, 2.05) is 30.2 Å². The molecule has 0 bridgehead atoms. The van der Waals surface area contributed by atoms with E-state index in [0.717, 1.165) is 5.03 Å². The van der Waals surface area contributed by atoms with Gasteiger partial charge in [0.2, 0.25) is 0 Å². The van der Waals surface area contributed by atoms with Crippen molar-refractivity contribution in [3.8, 4) is 0 Å². The molecule has 0 amide bonds. The van der Waals surface area contributed by atoms with Crippen molar-refractivity contribution in [1.82, 2.24) is 4.98 Å². The van der Waals surface area contributed by atoms with E-state index in [1.165, 1.54) is 10.5 Å². The van der Waals surface area contributed by atoms with Gasteiger partial charge in [0.05, 0.1) is 0 Å². The second-order valence-corrected chi connectivity index (χ2v) is 5.09. The van der Waals surface area contributed by atoms with E-state index in [1.54, 1.807) is 0 Å². The molecule has 0 spiro atoms. The number of hydrogen-bond acceptors (Lipinski definition) is 2. The van der Waals surface area contributed by atoms with Crippen LogP contribution in [0.4, 0.5) is 0 Å². The van der Waals surface area contributed by atoms with E-state index in [0.29, 0.717) is 11.2 Å². The maximum Gasteiger partial charge on any atom is 0.0407 e. The van der Waals surface area contributed by atoms with Gasteiger partial charge >= 0.3 is 0 Å². The third-order valence-electron chi connectivity index (χ3n) is 2.58.